The monoisotopic (exact) mass is 835 g/mol. The summed E-state index contributed by atoms with van der Waals surface area (Å²) in [5.74, 6) is -1.10. The molecule has 1 aromatic carbocycles. The molecule has 0 fully saturated rings. The van der Waals surface area contributed by atoms with Crippen molar-refractivity contribution in [2.24, 2.45) is 0 Å². The van der Waals surface area contributed by atoms with E-state index in [0.29, 0.717) is 19.4 Å². The quantitative estimate of drug-likeness (QED) is 0.0330. The van der Waals surface area contributed by atoms with E-state index in [1.807, 2.05) is 24.3 Å². The van der Waals surface area contributed by atoms with Crippen molar-refractivity contribution in [3.05, 3.63) is 42.9 Å². The fourth-order valence-corrected chi connectivity index (χ4v) is 7.55. The van der Waals surface area contributed by atoms with E-state index in [0.717, 1.165) is 48.6 Å². The van der Waals surface area contributed by atoms with Gasteiger partial charge >= 0.3 is 7.82 Å². The lowest BCUT2D eigenvalue weighted by Crippen LogP contribution is -2.47. The Kier molecular flexibility index (Phi) is 28.4. The molecule has 2 radical (unpaired) electrons. The van der Waals surface area contributed by atoms with Gasteiger partial charge in [0.05, 0.1) is 38.4 Å². The van der Waals surface area contributed by atoms with Gasteiger partial charge in [-0.1, -0.05) is 128 Å². The van der Waals surface area contributed by atoms with Crippen LogP contribution in [0.3, 0.4) is 0 Å². The highest BCUT2D eigenvalue weighted by Gasteiger charge is 2.25. The summed E-state index contributed by atoms with van der Waals surface area (Å²) < 4.78 is 34.7. The number of ether oxygens (including phenoxy) is 2. The summed E-state index contributed by atoms with van der Waals surface area (Å²) in [7, 11) is -2.86. The largest absolute Gasteiger partial charge is 0.472 e. The van der Waals surface area contributed by atoms with Crippen molar-refractivity contribution in [2.45, 2.75) is 167 Å². The minimum Gasteiger partial charge on any atom is -0.381 e. The average molecular weight is 835 g/mol. The number of carbonyl (C=O) groups excluding carboxylic acids is 3. The molecule has 330 valence electrons. The molecule has 1 aromatic heterocycles. The van der Waals surface area contributed by atoms with Crippen molar-refractivity contribution < 1.29 is 42.4 Å². The van der Waals surface area contributed by atoms with Crippen LogP contribution >= 0.6 is 7.82 Å². The van der Waals surface area contributed by atoms with Gasteiger partial charge in [-0.05, 0) is 44.2 Å². The van der Waals surface area contributed by atoms with Gasteiger partial charge in [-0.2, -0.15) is 0 Å². The maximum atomic E-state index is 12.9. The first-order chi connectivity index (χ1) is 28.1. The Morgan fingerprint density at radius 3 is 2.09 bits per heavy atom. The van der Waals surface area contributed by atoms with Crippen LogP contribution in [0.2, 0.25) is 0 Å². The van der Waals surface area contributed by atoms with Crippen molar-refractivity contribution in [3.8, 4) is 0 Å². The summed E-state index contributed by atoms with van der Waals surface area (Å²) in [6.45, 7) is 9.89. The van der Waals surface area contributed by atoms with E-state index in [1.54, 1.807) is 13.3 Å². The highest BCUT2D eigenvalue weighted by Crippen LogP contribution is 2.43. The molecule has 0 spiro atoms. The van der Waals surface area contributed by atoms with Crippen LogP contribution in [-0.2, 0) is 43.9 Å². The number of carbonyl (C=O) groups is 3. The number of unbranched alkanes of at least 4 members (excludes halogenated alkanes) is 14. The predicted molar refractivity (Wildman–Crippen MR) is 230 cm³/mol. The zero-order valence-corrected chi connectivity index (χ0v) is 36.6. The molecule has 3 amide bonds. The molecule has 0 aliphatic rings. The lowest BCUT2D eigenvalue weighted by atomic mass is 10.1. The van der Waals surface area contributed by atoms with Gasteiger partial charge in [0.15, 0.2) is 0 Å². The van der Waals surface area contributed by atoms with Gasteiger partial charge < -0.3 is 35.3 Å². The van der Waals surface area contributed by atoms with Gasteiger partial charge in [-0.15, -0.1) is 0 Å². The average Bonchev–Trinajstić information content (AvgIpc) is 3.62. The van der Waals surface area contributed by atoms with Crippen molar-refractivity contribution in [2.75, 3.05) is 40.1 Å². The van der Waals surface area contributed by atoms with Gasteiger partial charge in [0, 0.05) is 43.8 Å². The van der Waals surface area contributed by atoms with E-state index in [4.69, 9.17) is 25.4 Å². The maximum absolute atomic E-state index is 12.9. The zero-order chi connectivity index (χ0) is 42.3. The standard InChI is InChI=1S/C44H75N4O9P/c1-5-8-10-12-13-14-15-16-17-19-21-27-42(49)47-37(34-55-30-28-38(54-4)24-20-18-11-9-6-2)35-57-58(52,53)56-31-29-45-44(51)40(7-3)48-43(50)32-36-33-46-41-26-23-22-25-39(36)41/h3,22-23,25-26,33,37-38,40,46H,5-21,24,27-32,34-35H2,1-2,4H3,(H,45,51)(H,47,49)(H,48,50)(H,52,53)/t37-,38-,40+/m1/s1. The van der Waals surface area contributed by atoms with Crippen LogP contribution in [0.1, 0.15) is 148 Å². The first-order valence-corrected chi connectivity index (χ1v) is 23.5. The Morgan fingerprint density at radius 2 is 1.43 bits per heavy atom. The molecule has 13 nitrogen and oxygen atoms in total. The molecular formula is C44H75N4O9P. The molecule has 1 heterocycles. The Hall–Kier alpha value is -2.80. The smallest absolute Gasteiger partial charge is 0.381 e. The number of para-hydroxylation sites is 1. The second-order valence-electron chi connectivity index (χ2n) is 15.3. The number of aromatic amines is 1. The second kappa shape index (κ2) is 32.0. The Labute approximate surface area is 348 Å². The van der Waals surface area contributed by atoms with Crippen LogP contribution in [-0.4, -0.2) is 85.9 Å². The maximum Gasteiger partial charge on any atom is 0.472 e. The number of H-pyrrole nitrogens is 1. The molecule has 0 aliphatic carbocycles. The SMILES string of the molecule is [CH]C[C@H](NC(=O)Cc1c[nH]c2ccccc12)C(=O)NCCOP(=O)(O)OC[C@@H](COCC[C@@H](CCCCCCC)OC)NC(=O)CCCCCCCCCCCCC. The molecule has 5 N–H and O–H groups in total. The molecule has 4 atom stereocenters. The Bertz CT molecular complexity index is 1440. The number of fused-ring (bicyclic) bond motifs is 1. The number of phosphoric ester groups is 1. The summed E-state index contributed by atoms with van der Waals surface area (Å²) in [6.07, 6.45) is 22.7. The minimum absolute atomic E-state index is 0.0562. The third-order valence-corrected chi connectivity index (χ3v) is 11.2. The van der Waals surface area contributed by atoms with Crippen LogP contribution in [0.15, 0.2) is 30.5 Å². The molecule has 0 saturated carbocycles. The summed E-state index contributed by atoms with van der Waals surface area (Å²) in [5.41, 5.74) is 1.69. The molecule has 58 heavy (non-hydrogen) atoms. The highest BCUT2D eigenvalue weighted by molar-refractivity contribution is 7.47. The van der Waals surface area contributed by atoms with E-state index < -0.39 is 25.8 Å². The number of benzene rings is 1. The molecule has 2 rings (SSSR count). The number of rotatable bonds is 37. The van der Waals surface area contributed by atoms with Crippen LogP contribution in [0, 0.1) is 6.92 Å². The third kappa shape index (κ3) is 23.7. The van der Waals surface area contributed by atoms with E-state index in [1.165, 1.54) is 77.0 Å². The number of methoxy groups -OCH3 is 1. The van der Waals surface area contributed by atoms with Crippen LogP contribution < -0.4 is 16.0 Å². The number of aromatic nitrogens is 1. The number of amides is 3. The Balaban J connectivity index is 1.77. The number of hydrogen-bond acceptors (Lipinski definition) is 8. The molecule has 1 unspecified atom stereocenters. The molecule has 0 saturated heterocycles. The zero-order valence-electron chi connectivity index (χ0n) is 35.7. The van der Waals surface area contributed by atoms with Crippen molar-refractivity contribution in [3.63, 3.8) is 0 Å². The van der Waals surface area contributed by atoms with E-state index in [2.05, 4.69) is 34.8 Å². The molecule has 14 heteroatoms. The van der Waals surface area contributed by atoms with Gasteiger partial charge in [0.2, 0.25) is 17.7 Å². The van der Waals surface area contributed by atoms with Crippen molar-refractivity contribution >= 4 is 36.4 Å². The lowest BCUT2D eigenvalue weighted by molar-refractivity contribution is -0.128. The van der Waals surface area contributed by atoms with Crippen LogP contribution in [0.25, 0.3) is 10.9 Å². The topological polar surface area (TPSA) is 177 Å². The van der Waals surface area contributed by atoms with Crippen LogP contribution in [0.4, 0.5) is 0 Å². The highest BCUT2D eigenvalue weighted by atomic mass is 31.2. The molecular weight excluding hydrogens is 759 g/mol. The summed E-state index contributed by atoms with van der Waals surface area (Å²) >= 11 is 0. The van der Waals surface area contributed by atoms with Gasteiger partial charge in [0.1, 0.15) is 6.04 Å². The predicted octanol–water partition coefficient (Wildman–Crippen LogP) is 8.51. The van der Waals surface area contributed by atoms with Gasteiger partial charge in [-0.3, -0.25) is 23.4 Å². The number of phosphoric acid groups is 1. The van der Waals surface area contributed by atoms with Gasteiger partial charge in [0.25, 0.3) is 0 Å². The van der Waals surface area contributed by atoms with E-state index in [9.17, 15) is 23.8 Å². The van der Waals surface area contributed by atoms with E-state index in [-0.39, 0.29) is 57.1 Å². The number of nitrogens with one attached hydrogen (secondary N) is 4. The summed E-state index contributed by atoms with van der Waals surface area (Å²) in [6, 6.07) is 5.91. The minimum atomic E-state index is -4.56. The number of hydrogen-bond donors (Lipinski definition) is 5. The normalized spacial score (nSPS) is 14.2. The summed E-state index contributed by atoms with van der Waals surface area (Å²) in [4.78, 5) is 51.9. The van der Waals surface area contributed by atoms with Crippen LogP contribution in [0.5, 0.6) is 0 Å². The summed E-state index contributed by atoms with van der Waals surface area (Å²) in [5, 5.41) is 9.03. The molecule has 0 bridgehead atoms. The first kappa shape index (κ1) is 51.3. The van der Waals surface area contributed by atoms with Crippen molar-refractivity contribution in [1.29, 1.82) is 0 Å². The molecule has 0 aliphatic heterocycles. The third-order valence-electron chi connectivity index (χ3n) is 10.2. The van der Waals surface area contributed by atoms with Crippen molar-refractivity contribution in [1.82, 2.24) is 20.9 Å². The second-order valence-corrected chi connectivity index (χ2v) is 16.7. The molecule has 2 aromatic rings. The van der Waals surface area contributed by atoms with Gasteiger partial charge in [-0.25, -0.2) is 4.57 Å². The Morgan fingerprint density at radius 1 is 0.793 bits per heavy atom. The lowest BCUT2D eigenvalue weighted by Gasteiger charge is -2.22. The van der Waals surface area contributed by atoms with E-state index >= 15 is 0 Å². The first-order valence-electron chi connectivity index (χ1n) is 22.0. The fourth-order valence-electron chi connectivity index (χ4n) is 6.78. The fraction of sp³-hybridized carbons (Fsp3) is 0.727.